The first-order valence-electron chi connectivity index (χ1n) is 8.97. The quantitative estimate of drug-likeness (QED) is 0.420. The van der Waals surface area contributed by atoms with Gasteiger partial charge in [0.15, 0.2) is 0 Å². The fraction of sp³-hybridized carbons (Fsp3) is 0.667. The minimum Gasteiger partial charge on any atom is -0.598 e. The van der Waals surface area contributed by atoms with E-state index in [4.69, 9.17) is 0 Å². The Labute approximate surface area is 179 Å². The Balaban J connectivity index is 2.55. The third-order valence-electron chi connectivity index (χ3n) is 4.86. The fourth-order valence-electron chi connectivity index (χ4n) is 3.06. The Bertz CT molecular complexity index is 775. The maximum absolute atomic E-state index is 14.8. The van der Waals surface area contributed by atoms with Gasteiger partial charge in [0, 0.05) is 23.7 Å². The summed E-state index contributed by atoms with van der Waals surface area (Å²) in [4.78, 5) is 4.29. The van der Waals surface area contributed by atoms with E-state index in [9.17, 15) is 18.8 Å². The smallest absolute Gasteiger partial charge is 0.146 e. The largest absolute Gasteiger partial charge is 0.598 e. The summed E-state index contributed by atoms with van der Waals surface area (Å²) in [5, 5.41) is 9.76. The molecule has 1 saturated heterocycles. The highest BCUT2D eigenvalue weighted by atomic mass is 79.9. The summed E-state index contributed by atoms with van der Waals surface area (Å²) >= 11 is 1.71. The first-order valence-corrected chi connectivity index (χ1v) is 12.7. The van der Waals surface area contributed by atoms with Crippen LogP contribution >= 0.6 is 26.4 Å². The molecule has 1 aliphatic heterocycles. The molecule has 0 saturated carbocycles. The van der Waals surface area contributed by atoms with Gasteiger partial charge in [-0.3, -0.25) is 4.72 Å². The average Bonchev–Trinajstić information content (AvgIpc) is 2.58. The van der Waals surface area contributed by atoms with Gasteiger partial charge in [-0.2, -0.15) is 5.26 Å². The Hall–Kier alpha value is -0.410. The third-order valence-corrected chi connectivity index (χ3v) is 10.5. The molecular weight excluding hydrogens is 467 g/mol. The van der Waals surface area contributed by atoms with Crippen molar-refractivity contribution in [3.8, 4) is 6.07 Å². The minimum absolute atomic E-state index is 0.00769. The molecule has 3 N–H and O–H groups in total. The van der Waals surface area contributed by atoms with E-state index in [-0.39, 0.29) is 11.4 Å². The predicted octanol–water partition coefficient (Wildman–Crippen LogP) is 4.11. The summed E-state index contributed by atoms with van der Waals surface area (Å²) in [5.41, 5.74) is -1.22. The van der Waals surface area contributed by atoms with Crippen LogP contribution in [0.2, 0.25) is 0 Å². The van der Waals surface area contributed by atoms with Gasteiger partial charge in [0.1, 0.15) is 31.1 Å². The Kier molecular flexibility index (Phi) is 7.14. The molecule has 2 rings (SSSR count). The molecule has 0 aliphatic carbocycles. The molecule has 0 amide bonds. The molecule has 0 spiro atoms. The normalized spacial score (nSPS) is 29.0. The Morgan fingerprint density at radius 2 is 2.14 bits per heavy atom. The van der Waals surface area contributed by atoms with Gasteiger partial charge in [-0.15, -0.1) is 4.72 Å². The van der Waals surface area contributed by atoms with E-state index in [0.717, 1.165) is 6.42 Å². The lowest BCUT2D eigenvalue weighted by Gasteiger charge is -2.52. The zero-order chi connectivity index (χ0) is 21.4. The number of aromatic nitrogens is 1. The molecule has 6 nitrogen and oxygen atoms in total. The molecule has 2 heterocycles. The Morgan fingerprint density at radius 3 is 2.71 bits per heavy atom. The van der Waals surface area contributed by atoms with Gasteiger partial charge in [0.2, 0.25) is 0 Å². The summed E-state index contributed by atoms with van der Waals surface area (Å²) < 4.78 is 44.2. The van der Waals surface area contributed by atoms with Crippen LogP contribution in [-0.2, 0) is 16.9 Å². The second-order valence-electron chi connectivity index (χ2n) is 8.47. The molecule has 1 aliphatic rings. The molecule has 10 heteroatoms. The van der Waals surface area contributed by atoms with Gasteiger partial charge in [-0.1, -0.05) is 10.5 Å². The van der Waals surface area contributed by atoms with Crippen LogP contribution in [0.3, 0.4) is 0 Å². The fourth-order valence-corrected chi connectivity index (χ4v) is 7.25. The van der Waals surface area contributed by atoms with Crippen molar-refractivity contribution in [3.05, 3.63) is 28.2 Å². The summed E-state index contributed by atoms with van der Waals surface area (Å²) in [6.07, 6.45) is 1.30. The van der Waals surface area contributed by atoms with Crippen molar-refractivity contribution >= 4 is 37.8 Å². The lowest BCUT2D eigenvalue weighted by molar-refractivity contribution is 0.409. The summed E-state index contributed by atoms with van der Waals surface area (Å²) in [7, 11) is -2.69. The second kappa shape index (κ2) is 8.38. The molecule has 0 bridgehead atoms. The van der Waals surface area contributed by atoms with E-state index in [1.807, 2.05) is 0 Å². The van der Waals surface area contributed by atoms with E-state index in [1.165, 1.54) is 12.1 Å². The third kappa shape index (κ3) is 4.83. The van der Waals surface area contributed by atoms with Gasteiger partial charge in [-0.25, -0.2) is 9.37 Å². The maximum Gasteiger partial charge on any atom is 0.146 e. The minimum atomic E-state index is -2.69. The average molecular weight is 495 g/mol. The zero-order valence-electron chi connectivity index (χ0n) is 16.8. The summed E-state index contributed by atoms with van der Waals surface area (Å²) in [5.74, 6) is -0.576. The van der Waals surface area contributed by atoms with Crippen molar-refractivity contribution in [1.29, 1.82) is 5.26 Å². The first kappa shape index (κ1) is 23.9. The second-order valence-corrected chi connectivity index (χ2v) is 14.1. The number of nitrogens with one attached hydrogen (secondary N) is 2. The molecule has 1 aromatic rings. The number of nitriles is 1. The van der Waals surface area contributed by atoms with Gasteiger partial charge >= 0.3 is 0 Å². The molecule has 1 fully saturated rings. The van der Waals surface area contributed by atoms with Gasteiger partial charge in [0.25, 0.3) is 0 Å². The van der Waals surface area contributed by atoms with Crippen LogP contribution in [0.25, 0.3) is 0 Å². The van der Waals surface area contributed by atoms with Crippen LogP contribution in [0.1, 0.15) is 53.2 Å². The van der Waals surface area contributed by atoms with Crippen LogP contribution in [0.15, 0.2) is 16.7 Å². The van der Waals surface area contributed by atoms with Crippen LogP contribution < -0.4 is 9.44 Å². The van der Waals surface area contributed by atoms with Crippen molar-refractivity contribution in [1.82, 2.24) is 14.4 Å². The zero-order valence-corrected chi connectivity index (χ0v) is 20.0. The van der Waals surface area contributed by atoms with E-state index >= 15 is 0 Å². The molecule has 158 valence electrons. The standard InChI is InChI=1S/C18H28BrFN4O2S2/c1-16(2,3)27(25)24-18(5,15-13(20)7-8-14(19)23-15)12-28(26)17(4,11-21)9-6-10-22-28/h7-8,22,24,26H,6,9-10,12H2,1-5H3/t17-,18?,27-/m1/s1. The topological polar surface area (TPSA) is 104 Å². The number of hydrogen-bond donors (Lipinski definition) is 3. The highest BCUT2D eigenvalue weighted by Crippen LogP contribution is 2.59. The summed E-state index contributed by atoms with van der Waals surface area (Å²) in [6, 6.07) is 5.02. The van der Waals surface area contributed by atoms with Crippen LogP contribution in [0.5, 0.6) is 0 Å². The lowest BCUT2D eigenvalue weighted by atomic mass is 10.0. The molecular formula is C18H28BrFN4O2S2. The molecule has 1 aromatic heterocycles. The highest BCUT2D eigenvalue weighted by Gasteiger charge is 2.52. The predicted molar refractivity (Wildman–Crippen MR) is 117 cm³/mol. The Morgan fingerprint density at radius 1 is 1.50 bits per heavy atom. The molecule has 0 aromatic carbocycles. The van der Waals surface area contributed by atoms with E-state index < -0.39 is 42.7 Å². The molecule has 0 radical (unpaired) electrons. The SMILES string of the molecule is CC(C[S@]1(O)NCCC[C@]1(C)C#N)(N[S@+]([O-])C(C)(C)C)c1nc(Br)ccc1F. The number of rotatable bonds is 5. The van der Waals surface area contributed by atoms with E-state index in [1.54, 1.807) is 34.6 Å². The van der Waals surface area contributed by atoms with Gasteiger partial charge < -0.3 is 9.11 Å². The number of hydrogen-bond acceptors (Lipinski definition) is 6. The van der Waals surface area contributed by atoms with Crippen molar-refractivity contribution in [2.75, 3.05) is 12.3 Å². The molecule has 4 atom stereocenters. The van der Waals surface area contributed by atoms with E-state index in [2.05, 4.69) is 36.4 Å². The van der Waals surface area contributed by atoms with E-state index in [0.29, 0.717) is 17.6 Å². The number of pyridine rings is 1. The van der Waals surface area contributed by atoms with Gasteiger partial charge in [-0.05, 0) is 75.5 Å². The number of nitrogens with zero attached hydrogens (tertiary/aromatic N) is 2. The number of halogens is 2. The van der Waals surface area contributed by atoms with Crippen molar-refractivity contribution in [2.45, 2.75) is 62.5 Å². The van der Waals surface area contributed by atoms with Crippen LogP contribution in [-0.4, -0.2) is 35.9 Å². The monoisotopic (exact) mass is 494 g/mol. The van der Waals surface area contributed by atoms with Crippen molar-refractivity contribution < 1.29 is 13.5 Å². The first-order chi connectivity index (χ1) is 12.8. The van der Waals surface area contributed by atoms with Gasteiger partial charge in [0.05, 0.1) is 6.07 Å². The highest BCUT2D eigenvalue weighted by molar-refractivity contribution is 9.10. The van der Waals surface area contributed by atoms with Crippen molar-refractivity contribution in [2.24, 2.45) is 0 Å². The lowest BCUT2D eigenvalue weighted by Crippen LogP contribution is -2.57. The summed E-state index contributed by atoms with van der Waals surface area (Å²) in [6.45, 7) is 9.38. The maximum atomic E-state index is 14.8. The van der Waals surface area contributed by atoms with Crippen LogP contribution in [0, 0.1) is 17.1 Å². The van der Waals surface area contributed by atoms with Crippen LogP contribution in [0.4, 0.5) is 4.39 Å². The molecule has 28 heavy (non-hydrogen) atoms. The molecule has 1 unspecified atom stereocenters. The van der Waals surface area contributed by atoms with Crippen molar-refractivity contribution in [3.63, 3.8) is 0 Å².